The summed E-state index contributed by atoms with van der Waals surface area (Å²) in [7, 11) is 0. The maximum Gasteiger partial charge on any atom is 0.248 e. The Morgan fingerprint density at radius 3 is 2.35 bits per heavy atom. The van der Waals surface area contributed by atoms with E-state index in [0.29, 0.717) is 11.3 Å². The van der Waals surface area contributed by atoms with Gasteiger partial charge < -0.3 is 10.8 Å². The van der Waals surface area contributed by atoms with Gasteiger partial charge in [-0.15, -0.1) is 5.10 Å². The highest BCUT2D eigenvalue weighted by Gasteiger charge is 2.25. The van der Waals surface area contributed by atoms with Gasteiger partial charge in [0.25, 0.3) is 0 Å². The Balaban J connectivity index is 2.53. The molecule has 6 nitrogen and oxygen atoms in total. The lowest BCUT2D eigenvalue weighted by molar-refractivity contribution is 0.100. The zero-order valence-corrected chi connectivity index (χ0v) is 11.8. The molecular formula is C14H18N4O2. The van der Waals surface area contributed by atoms with Crippen molar-refractivity contribution in [2.45, 2.75) is 32.8 Å². The minimum atomic E-state index is -0.470. The van der Waals surface area contributed by atoms with Crippen LogP contribution in [0.3, 0.4) is 0 Å². The van der Waals surface area contributed by atoms with Gasteiger partial charge in [0.2, 0.25) is 5.91 Å². The molecule has 2 rings (SSSR count). The number of aliphatic hydroxyl groups excluding tert-OH is 1. The highest BCUT2D eigenvalue weighted by Crippen LogP contribution is 2.27. The fourth-order valence-electron chi connectivity index (χ4n) is 2.12. The van der Waals surface area contributed by atoms with Crippen LogP contribution in [-0.4, -0.2) is 26.0 Å². The number of carbonyl (C=O) groups is 1. The number of nitrogens with zero attached hydrogens (tertiary/aromatic N) is 3. The molecule has 0 aliphatic rings. The summed E-state index contributed by atoms with van der Waals surface area (Å²) in [6.45, 7) is 5.92. The number of hydrogen-bond acceptors (Lipinski definition) is 4. The van der Waals surface area contributed by atoms with Gasteiger partial charge in [0.15, 0.2) is 0 Å². The molecule has 3 N–H and O–H groups in total. The molecular weight excluding hydrogens is 256 g/mol. The number of amides is 1. The Kier molecular flexibility index (Phi) is 3.59. The minimum absolute atomic E-state index is 0.161. The van der Waals surface area contributed by atoms with Crippen molar-refractivity contribution in [1.82, 2.24) is 15.0 Å². The van der Waals surface area contributed by atoms with Crippen LogP contribution in [0.2, 0.25) is 0 Å². The van der Waals surface area contributed by atoms with E-state index < -0.39 is 5.91 Å². The van der Waals surface area contributed by atoms with Crippen LogP contribution < -0.4 is 5.73 Å². The maximum atomic E-state index is 11.1. The second-order valence-corrected chi connectivity index (χ2v) is 5.62. The summed E-state index contributed by atoms with van der Waals surface area (Å²) in [4.78, 5) is 11.1. The molecule has 1 heterocycles. The molecule has 1 amide bonds. The van der Waals surface area contributed by atoms with E-state index in [1.54, 1.807) is 28.9 Å². The first kappa shape index (κ1) is 14.2. The molecule has 0 atom stereocenters. The van der Waals surface area contributed by atoms with Crippen molar-refractivity contribution in [2.24, 2.45) is 5.73 Å². The highest BCUT2D eigenvalue weighted by molar-refractivity contribution is 5.92. The summed E-state index contributed by atoms with van der Waals surface area (Å²) >= 11 is 0. The Bertz CT molecular complexity index is 624. The second-order valence-electron chi connectivity index (χ2n) is 5.62. The second kappa shape index (κ2) is 5.05. The van der Waals surface area contributed by atoms with E-state index in [1.807, 2.05) is 20.8 Å². The van der Waals surface area contributed by atoms with Crippen LogP contribution in [0.1, 0.15) is 42.5 Å². The molecule has 0 saturated carbocycles. The van der Waals surface area contributed by atoms with Crippen LogP contribution in [0.4, 0.5) is 0 Å². The Hall–Kier alpha value is -2.21. The van der Waals surface area contributed by atoms with Crippen molar-refractivity contribution >= 4 is 5.91 Å². The van der Waals surface area contributed by atoms with Gasteiger partial charge in [0.1, 0.15) is 5.69 Å². The Labute approximate surface area is 117 Å². The Morgan fingerprint density at radius 2 is 1.90 bits per heavy atom. The Morgan fingerprint density at radius 1 is 1.30 bits per heavy atom. The average Bonchev–Trinajstić information content (AvgIpc) is 2.82. The average molecular weight is 274 g/mol. The first-order chi connectivity index (χ1) is 9.34. The molecule has 1 aromatic heterocycles. The van der Waals surface area contributed by atoms with Crippen LogP contribution in [0.5, 0.6) is 0 Å². The third kappa shape index (κ3) is 2.55. The van der Waals surface area contributed by atoms with Crippen molar-refractivity contribution in [1.29, 1.82) is 0 Å². The molecule has 20 heavy (non-hydrogen) atoms. The normalized spacial score (nSPS) is 11.6. The molecule has 0 spiro atoms. The molecule has 106 valence electrons. The number of primary amides is 1. The molecule has 0 saturated heterocycles. The smallest absolute Gasteiger partial charge is 0.248 e. The van der Waals surface area contributed by atoms with Gasteiger partial charge in [-0.2, -0.15) is 0 Å². The van der Waals surface area contributed by atoms with Gasteiger partial charge in [-0.05, 0) is 24.3 Å². The summed E-state index contributed by atoms with van der Waals surface area (Å²) < 4.78 is 1.68. The lowest BCUT2D eigenvalue weighted by Gasteiger charge is -2.20. The molecule has 0 unspecified atom stereocenters. The fourth-order valence-corrected chi connectivity index (χ4v) is 2.12. The predicted molar refractivity (Wildman–Crippen MR) is 74.5 cm³/mol. The summed E-state index contributed by atoms with van der Waals surface area (Å²) in [6, 6.07) is 6.80. The van der Waals surface area contributed by atoms with Crippen molar-refractivity contribution in [3.05, 3.63) is 41.2 Å². The van der Waals surface area contributed by atoms with Crippen LogP contribution in [0.15, 0.2) is 24.3 Å². The van der Waals surface area contributed by atoms with Crippen molar-refractivity contribution in [2.75, 3.05) is 0 Å². The fraction of sp³-hybridized carbons (Fsp3) is 0.357. The minimum Gasteiger partial charge on any atom is -0.390 e. The van der Waals surface area contributed by atoms with E-state index in [4.69, 9.17) is 5.73 Å². The SMILES string of the molecule is CC(C)(C)c1c(CO)nnn1-c1ccc(C(N)=O)cc1. The van der Waals surface area contributed by atoms with Crippen molar-refractivity contribution in [3.63, 3.8) is 0 Å². The number of aliphatic hydroxyl groups is 1. The quantitative estimate of drug-likeness (QED) is 0.878. The van der Waals surface area contributed by atoms with Crippen LogP contribution in [-0.2, 0) is 12.0 Å². The van der Waals surface area contributed by atoms with E-state index >= 15 is 0 Å². The van der Waals surface area contributed by atoms with E-state index in [-0.39, 0.29) is 12.0 Å². The monoisotopic (exact) mass is 274 g/mol. The van der Waals surface area contributed by atoms with Gasteiger partial charge in [-0.1, -0.05) is 26.0 Å². The number of hydrogen-bond donors (Lipinski definition) is 2. The first-order valence-electron chi connectivity index (χ1n) is 6.30. The summed E-state index contributed by atoms with van der Waals surface area (Å²) in [5.74, 6) is -0.470. The maximum absolute atomic E-state index is 11.1. The van der Waals surface area contributed by atoms with E-state index in [0.717, 1.165) is 11.4 Å². The van der Waals surface area contributed by atoms with Gasteiger partial charge >= 0.3 is 0 Å². The largest absolute Gasteiger partial charge is 0.390 e. The summed E-state index contributed by atoms with van der Waals surface area (Å²) in [6.07, 6.45) is 0. The van der Waals surface area contributed by atoms with Gasteiger partial charge in [-0.3, -0.25) is 4.79 Å². The summed E-state index contributed by atoms with van der Waals surface area (Å²) in [5.41, 5.74) is 7.60. The van der Waals surface area contributed by atoms with E-state index in [9.17, 15) is 9.90 Å². The van der Waals surface area contributed by atoms with Gasteiger partial charge in [0, 0.05) is 11.0 Å². The molecule has 1 aromatic carbocycles. The molecule has 6 heteroatoms. The highest BCUT2D eigenvalue weighted by atomic mass is 16.3. The molecule has 0 aliphatic carbocycles. The van der Waals surface area contributed by atoms with Crippen LogP contribution >= 0.6 is 0 Å². The zero-order chi connectivity index (χ0) is 14.9. The number of aromatic nitrogens is 3. The standard InChI is InChI=1S/C14H18N4O2/c1-14(2,3)12-11(8-19)16-17-18(12)10-6-4-9(5-7-10)13(15)20/h4-7,19H,8H2,1-3H3,(H2,15,20). The number of rotatable bonds is 3. The van der Waals surface area contributed by atoms with Crippen LogP contribution in [0, 0.1) is 0 Å². The van der Waals surface area contributed by atoms with Crippen LogP contribution in [0.25, 0.3) is 5.69 Å². The lowest BCUT2D eigenvalue weighted by Crippen LogP contribution is -2.19. The predicted octanol–water partition coefficient (Wildman–Crippen LogP) is 1.16. The number of nitrogens with two attached hydrogens (primary N) is 1. The van der Waals surface area contributed by atoms with Gasteiger partial charge in [-0.25, -0.2) is 4.68 Å². The first-order valence-corrected chi connectivity index (χ1v) is 6.30. The topological polar surface area (TPSA) is 94.0 Å². The van der Waals surface area contributed by atoms with E-state index in [1.165, 1.54) is 0 Å². The molecule has 0 fully saturated rings. The third-order valence-electron chi connectivity index (χ3n) is 3.00. The van der Waals surface area contributed by atoms with Crippen molar-refractivity contribution < 1.29 is 9.90 Å². The summed E-state index contributed by atoms with van der Waals surface area (Å²) in [5, 5.41) is 17.5. The van der Waals surface area contributed by atoms with E-state index in [2.05, 4.69) is 10.3 Å². The van der Waals surface area contributed by atoms with Crippen molar-refractivity contribution in [3.8, 4) is 5.69 Å². The lowest BCUT2D eigenvalue weighted by atomic mass is 9.90. The third-order valence-corrected chi connectivity index (χ3v) is 3.00. The zero-order valence-electron chi connectivity index (χ0n) is 11.8. The molecule has 0 radical (unpaired) electrons. The van der Waals surface area contributed by atoms with Gasteiger partial charge in [0.05, 0.1) is 18.0 Å². The molecule has 0 aliphatic heterocycles. The molecule has 2 aromatic rings. The number of carbonyl (C=O) groups excluding carboxylic acids is 1. The molecule has 0 bridgehead atoms. The number of benzene rings is 1.